The first-order valence-corrected chi connectivity index (χ1v) is 7.67. The van der Waals surface area contributed by atoms with Crippen molar-refractivity contribution in [3.05, 3.63) is 68.1 Å². The molecule has 2 aromatic carbocycles. The lowest BCUT2D eigenvalue weighted by Crippen LogP contribution is -2.20. The second-order valence-electron chi connectivity index (χ2n) is 4.48. The summed E-state index contributed by atoms with van der Waals surface area (Å²) in [5.74, 6) is -0.237. The fourth-order valence-corrected chi connectivity index (χ4v) is 2.87. The van der Waals surface area contributed by atoms with Crippen molar-refractivity contribution in [2.24, 2.45) is 5.73 Å². The molecule has 0 amide bonds. The molecule has 0 aliphatic rings. The maximum Gasteiger partial charge on any atom is 0.0885 e. The summed E-state index contributed by atoms with van der Waals surface area (Å²) in [7, 11) is 0. The molecule has 20 heavy (non-hydrogen) atoms. The van der Waals surface area contributed by atoms with E-state index in [1.807, 2.05) is 24.3 Å². The molecule has 5 heteroatoms. The van der Waals surface area contributed by atoms with Gasteiger partial charge in [0.2, 0.25) is 0 Å². The van der Waals surface area contributed by atoms with Crippen LogP contribution in [0.15, 0.2) is 46.9 Å². The minimum absolute atomic E-state index is 0.237. The molecule has 2 aromatic rings. The summed E-state index contributed by atoms with van der Waals surface area (Å²) < 4.78 is 0.752. The highest BCUT2D eigenvalue weighted by Crippen LogP contribution is 2.37. The quantitative estimate of drug-likeness (QED) is 0.825. The largest absolute Gasteiger partial charge is 0.388 e. The molecule has 0 aliphatic heterocycles. The zero-order valence-electron chi connectivity index (χ0n) is 10.6. The van der Waals surface area contributed by atoms with E-state index in [2.05, 4.69) is 15.9 Å². The lowest BCUT2D eigenvalue weighted by Gasteiger charge is -2.23. The van der Waals surface area contributed by atoms with E-state index in [1.165, 1.54) is 0 Å². The van der Waals surface area contributed by atoms with Crippen LogP contribution in [0.1, 0.15) is 23.1 Å². The van der Waals surface area contributed by atoms with Crippen LogP contribution in [0.25, 0.3) is 0 Å². The van der Waals surface area contributed by atoms with Gasteiger partial charge in [0.25, 0.3) is 0 Å². The molecule has 2 atom stereocenters. The Bertz CT molecular complexity index is 589. The average Bonchev–Trinajstić information content (AvgIpc) is 2.44. The average molecular weight is 375 g/mol. The predicted octanol–water partition coefficient (Wildman–Crippen LogP) is 4.53. The van der Waals surface area contributed by atoms with Gasteiger partial charge in [0.1, 0.15) is 0 Å². The normalized spacial score (nSPS) is 14.1. The standard InChI is InChI=1S/C15H14BrCl2NO/c16-13-3-1-2-11(14(13)18)15(20)12(8-19)9-4-6-10(17)7-5-9/h1-7,12,15,20H,8,19H2. The lowest BCUT2D eigenvalue weighted by atomic mass is 9.89. The second-order valence-corrected chi connectivity index (χ2v) is 6.15. The van der Waals surface area contributed by atoms with E-state index in [-0.39, 0.29) is 5.92 Å². The summed E-state index contributed by atoms with van der Waals surface area (Å²) >= 11 is 15.5. The Morgan fingerprint density at radius 1 is 1.10 bits per heavy atom. The van der Waals surface area contributed by atoms with E-state index in [9.17, 15) is 5.11 Å². The van der Waals surface area contributed by atoms with Gasteiger partial charge in [-0.1, -0.05) is 47.5 Å². The summed E-state index contributed by atoms with van der Waals surface area (Å²) in [6.45, 7) is 0.311. The van der Waals surface area contributed by atoms with Crippen LogP contribution in [-0.2, 0) is 0 Å². The number of halogens is 3. The van der Waals surface area contributed by atoms with Gasteiger partial charge >= 0.3 is 0 Å². The van der Waals surface area contributed by atoms with Crippen molar-refractivity contribution in [3.8, 4) is 0 Å². The Balaban J connectivity index is 2.36. The lowest BCUT2D eigenvalue weighted by molar-refractivity contribution is 0.147. The number of aliphatic hydroxyl groups excluding tert-OH is 1. The van der Waals surface area contributed by atoms with Crippen molar-refractivity contribution in [1.29, 1.82) is 0 Å². The van der Waals surface area contributed by atoms with Gasteiger partial charge in [0.15, 0.2) is 0 Å². The zero-order chi connectivity index (χ0) is 14.7. The molecule has 2 unspecified atom stereocenters. The Hall–Kier alpha value is -0.580. The Morgan fingerprint density at radius 3 is 2.35 bits per heavy atom. The maximum absolute atomic E-state index is 10.6. The molecule has 2 nitrogen and oxygen atoms in total. The summed E-state index contributed by atoms with van der Waals surface area (Å²) in [4.78, 5) is 0. The minimum atomic E-state index is -0.772. The predicted molar refractivity (Wildman–Crippen MR) is 87.4 cm³/mol. The molecule has 0 fully saturated rings. The first-order chi connectivity index (χ1) is 9.54. The van der Waals surface area contributed by atoms with E-state index < -0.39 is 6.10 Å². The SMILES string of the molecule is NCC(c1ccc(Cl)cc1)C(O)c1cccc(Br)c1Cl. The smallest absolute Gasteiger partial charge is 0.0885 e. The molecule has 0 saturated heterocycles. The maximum atomic E-state index is 10.6. The zero-order valence-corrected chi connectivity index (χ0v) is 13.7. The van der Waals surface area contributed by atoms with Gasteiger partial charge in [0, 0.05) is 27.5 Å². The van der Waals surface area contributed by atoms with Gasteiger partial charge in [-0.3, -0.25) is 0 Å². The molecule has 2 rings (SSSR count). The van der Waals surface area contributed by atoms with Gasteiger partial charge in [-0.15, -0.1) is 0 Å². The van der Waals surface area contributed by atoms with E-state index in [0.717, 1.165) is 10.0 Å². The van der Waals surface area contributed by atoms with Gasteiger partial charge in [-0.25, -0.2) is 0 Å². The van der Waals surface area contributed by atoms with Crippen molar-refractivity contribution in [2.75, 3.05) is 6.54 Å². The van der Waals surface area contributed by atoms with Crippen molar-refractivity contribution >= 4 is 39.1 Å². The molecule has 0 aromatic heterocycles. The van der Waals surface area contributed by atoms with Gasteiger partial charge in [-0.05, 0) is 39.7 Å². The molecule has 0 saturated carbocycles. The van der Waals surface area contributed by atoms with Crippen molar-refractivity contribution in [1.82, 2.24) is 0 Å². The molecule has 0 radical (unpaired) electrons. The summed E-state index contributed by atoms with van der Waals surface area (Å²) in [6, 6.07) is 12.8. The van der Waals surface area contributed by atoms with E-state index in [0.29, 0.717) is 22.2 Å². The molecular weight excluding hydrogens is 361 g/mol. The third-order valence-electron chi connectivity index (χ3n) is 3.23. The molecule has 0 aliphatic carbocycles. The number of aliphatic hydroxyl groups is 1. The second kappa shape index (κ2) is 6.92. The van der Waals surface area contributed by atoms with Crippen LogP contribution >= 0.6 is 39.1 Å². The summed E-state index contributed by atoms with van der Waals surface area (Å²) in [5, 5.41) is 11.7. The van der Waals surface area contributed by atoms with Crippen molar-refractivity contribution in [2.45, 2.75) is 12.0 Å². The highest BCUT2D eigenvalue weighted by Gasteiger charge is 2.24. The molecule has 0 heterocycles. The monoisotopic (exact) mass is 373 g/mol. The molecule has 3 N–H and O–H groups in total. The van der Waals surface area contributed by atoms with Crippen LogP contribution in [0.3, 0.4) is 0 Å². The number of hydrogen-bond donors (Lipinski definition) is 2. The fourth-order valence-electron chi connectivity index (χ4n) is 2.12. The van der Waals surface area contributed by atoms with Gasteiger partial charge in [-0.2, -0.15) is 0 Å². The third kappa shape index (κ3) is 3.35. The van der Waals surface area contributed by atoms with E-state index >= 15 is 0 Å². The van der Waals surface area contributed by atoms with Crippen LogP contribution in [0.2, 0.25) is 10.0 Å². The molecule has 0 spiro atoms. The topological polar surface area (TPSA) is 46.2 Å². The Morgan fingerprint density at radius 2 is 1.75 bits per heavy atom. The number of benzene rings is 2. The van der Waals surface area contributed by atoms with Crippen LogP contribution in [0.4, 0.5) is 0 Å². The molecule has 106 valence electrons. The Kier molecular flexibility index (Phi) is 5.47. The number of rotatable bonds is 4. The Labute approximate surface area is 136 Å². The van der Waals surface area contributed by atoms with Crippen molar-refractivity contribution in [3.63, 3.8) is 0 Å². The molecule has 0 bridgehead atoms. The van der Waals surface area contributed by atoms with Crippen LogP contribution in [0, 0.1) is 0 Å². The first kappa shape index (κ1) is 15.8. The fraction of sp³-hybridized carbons (Fsp3) is 0.200. The number of hydrogen-bond acceptors (Lipinski definition) is 2. The summed E-state index contributed by atoms with van der Waals surface area (Å²) in [5.41, 5.74) is 7.41. The highest BCUT2D eigenvalue weighted by molar-refractivity contribution is 9.10. The highest BCUT2D eigenvalue weighted by atomic mass is 79.9. The summed E-state index contributed by atoms with van der Waals surface area (Å²) in [6.07, 6.45) is -0.772. The third-order valence-corrected chi connectivity index (χ3v) is 4.80. The van der Waals surface area contributed by atoms with Gasteiger partial charge in [0.05, 0.1) is 11.1 Å². The van der Waals surface area contributed by atoms with Crippen LogP contribution in [-0.4, -0.2) is 11.7 Å². The van der Waals surface area contributed by atoms with E-state index in [1.54, 1.807) is 18.2 Å². The van der Waals surface area contributed by atoms with E-state index in [4.69, 9.17) is 28.9 Å². The van der Waals surface area contributed by atoms with Crippen molar-refractivity contribution < 1.29 is 5.11 Å². The number of nitrogens with two attached hydrogens (primary N) is 1. The van der Waals surface area contributed by atoms with Crippen LogP contribution in [0.5, 0.6) is 0 Å². The van der Waals surface area contributed by atoms with Crippen LogP contribution < -0.4 is 5.73 Å². The minimum Gasteiger partial charge on any atom is -0.388 e. The van der Waals surface area contributed by atoms with Gasteiger partial charge < -0.3 is 10.8 Å². The molecular formula is C15H14BrCl2NO. The first-order valence-electron chi connectivity index (χ1n) is 6.12.